The Morgan fingerprint density at radius 2 is 2.07 bits per heavy atom. The summed E-state index contributed by atoms with van der Waals surface area (Å²) in [6.07, 6.45) is -1.12. The number of urea groups is 1. The van der Waals surface area contributed by atoms with E-state index < -0.39 is 30.0 Å². The van der Waals surface area contributed by atoms with Gasteiger partial charge in [0.25, 0.3) is 5.91 Å². The fourth-order valence-corrected chi connectivity index (χ4v) is 3.75. The minimum Gasteiger partial charge on any atom is -0.453 e. The van der Waals surface area contributed by atoms with Gasteiger partial charge in [-0.15, -0.1) is 11.3 Å². The summed E-state index contributed by atoms with van der Waals surface area (Å²) in [5, 5.41) is 1.45. The quantitative estimate of drug-likeness (QED) is 0.310. The number of amides is 3. The number of imide groups is 1. The van der Waals surface area contributed by atoms with Gasteiger partial charge in [0.1, 0.15) is 12.4 Å². The number of carbonyl (C=O) groups excluding carboxylic acids is 3. The van der Waals surface area contributed by atoms with Crippen molar-refractivity contribution < 1.29 is 33.0 Å². The summed E-state index contributed by atoms with van der Waals surface area (Å²) in [7, 11) is 1.33. The number of esters is 1. The molecule has 8 nitrogen and oxygen atoms in total. The van der Waals surface area contributed by atoms with Crippen LogP contribution in [0.2, 0.25) is 5.02 Å². The van der Waals surface area contributed by atoms with Gasteiger partial charge in [0.05, 0.1) is 21.2 Å². The maximum absolute atomic E-state index is 14.2. The first-order chi connectivity index (χ1) is 14.2. The molecule has 1 aliphatic heterocycles. The number of fused-ring (bicyclic) bond motifs is 1. The molecule has 2 aromatic rings. The van der Waals surface area contributed by atoms with Crippen LogP contribution in [0.5, 0.6) is 0 Å². The molecule has 11 heteroatoms. The van der Waals surface area contributed by atoms with Crippen LogP contribution in [0.4, 0.5) is 14.9 Å². The number of hydrogen-bond acceptors (Lipinski definition) is 7. The lowest BCUT2D eigenvalue weighted by Gasteiger charge is -2.18. The molecule has 0 radical (unpaired) electrons. The van der Waals surface area contributed by atoms with Crippen LogP contribution in [0, 0.1) is 5.82 Å². The fourth-order valence-electron chi connectivity index (χ4n) is 2.87. The summed E-state index contributed by atoms with van der Waals surface area (Å²) in [5.74, 6) is -2.30. The summed E-state index contributed by atoms with van der Waals surface area (Å²) < 4.78 is 29.8. The van der Waals surface area contributed by atoms with Crippen molar-refractivity contribution in [1.29, 1.82) is 0 Å². The Balaban J connectivity index is 2.15. The number of thiophene rings is 1. The Hall–Kier alpha value is -2.95. The van der Waals surface area contributed by atoms with E-state index in [-0.39, 0.29) is 34.2 Å². The average Bonchev–Trinajstić information content (AvgIpc) is 3.27. The van der Waals surface area contributed by atoms with Gasteiger partial charge in [0.2, 0.25) is 6.29 Å². The number of nitrogens with zero attached hydrogens (tertiary/aromatic N) is 1. The number of hydrogen-bond donors (Lipinski definition) is 1. The molecule has 2 N–H and O–H groups in total. The van der Waals surface area contributed by atoms with Gasteiger partial charge < -0.3 is 19.9 Å². The topological polar surface area (TPSA) is 108 Å². The lowest BCUT2D eigenvalue weighted by molar-refractivity contribution is -0.168. The van der Waals surface area contributed by atoms with Gasteiger partial charge in [0.15, 0.2) is 5.76 Å². The first-order valence-electron chi connectivity index (χ1n) is 8.51. The second-order valence-electron chi connectivity index (χ2n) is 6.05. The van der Waals surface area contributed by atoms with Crippen molar-refractivity contribution in [2.45, 2.75) is 13.2 Å². The van der Waals surface area contributed by atoms with Crippen LogP contribution in [-0.2, 0) is 23.8 Å². The molecule has 1 aromatic heterocycles. The van der Waals surface area contributed by atoms with Gasteiger partial charge in [-0.3, -0.25) is 4.79 Å². The smallest absolute Gasteiger partial charge is 0.335 e. The number of nitrogens with two attached hydrogens (primary N) is 1. The third-order valence-corrected chi connectivity index (χ3v) is 5.16. The SMILES string of the molecule is COCC(=O)OC(C)O/C(=C1/C(=O)N(C(N)=O)c2cc(Cl)c(F)cc21)c1cccs1. The Morgan fingerprint density at radius 1 is 1.33 bits per heavy atom. The number of carbonyl (C=O) groups is 3. The van der Waals surface area contributed by atoms with Crippen molar-refractivity contribution in [2.75, 3.05) is 18.6 Å². The van der Waals surface area contributed by atoms with Crippen molar-refractivity contribution >= 4 is 57.9 Å². The predicted octanol–water partition coefficient (Wildman–Crippen LogP) is 3.39. The van der Waals surface area contributed by atoms with E-state index in [1.807, 2.05) is 0 Å². The van der Waals surface area contributed by atoms with E-state index in [1.165, 1.54) is 25.4 Å². The van der Waals surface area contributed by atoms with Crippen molar-refractivity contribution in [3.63, 3.8) is 0 Å². The van der Waals surface area contributed by atoms with Crippen molar-refractivity contribution in [3.05, 3.63) is 50.9 Å². The standard InChI is InChI=1S/C19H16ClFN2O6S/c1-9(28-15(24)8-27-2)29-17(14-4-3-5-30-14)16-10-6-12(21)11(20)7-13(10)23(18(16)25)19(22)26/h3-7,9H,8H2,1-2H3,(H2,22,26)/b17-16+. The van der Waals surface area contributed by atoms with Gasteiger partial charge in [0, 0.05) is 19.6 Å². The first-order valence-corrected chi connectivity index (χ1v) is 9.76. The van der Waals surface area contributed by atoms with E-state index in [9.17, 15) is 18.8 Å². The third-order valence-electron chi connectivity index (χ3n) is 4.00. The van der Waals surface area contributed by atoms with E-state index in [4.69, 9.17) is 31.5 Å². The second-order valence-corrected chi connectivity index (χ2v) is 7.41. The van der Waals surface area contributed by atoms with E-state index in [2.05, 4.69) is 0 Å². The Morgan fingerprint density at radius 3 is 2.67 bits per heavy atom. The summed E-state index contributed by atoms with van der Waals surface area (Å²) in [6, 6.07) is 4.45. The molecule has 0 saturated carbocycles. The van der Waals surface area contributed by atoms with Crippen molar-refractivity contribution in [3.8, 4) is 0 Å². The highest BCUT2D eigenvalue weighted by molar-refractivity contribution is 7.11. The molecular formula is C19H16ClFN2O6S. The normalized spacial score (nSPS) is 15.6. The monoisotopic (exact) mass is 454 g/mol. The van der Waals surface area contributed by atoms with Gasteiger partial charge in [-0.1, -0.05) is 17.7 Å². The number of benzene rings is 1. The maximum Gasteiger partial charge on any atom is 0.335 e. The van der Waals surface area contributed by atoms with Gasteiger partial charge in [-0.05, 0) is 23.6 Å². The van der Waals surface area contributed by atoms with Crippen LogP contribution in [0.3, 0.4) is 0 Å². The Kier molecular flexibility index (Phi) is 6.40. The zero-order valence-corrected chi connectivity index (χ0v) is 17.4. The summed E-state index contributed by atoms with van der Waals surface area (Å²) in [4.78, 5) is 37.8. The number of rotatable bonds is 6. The highest BCUT2D eigenvalue weighted by Crippen LogP contribution is 2.44. The molecule has 1 unspecified atom stereocenters. The molecular weight excluding hydrogens is 439 g/mol. The number of methoxy groups -OCH3 is 1. The van der Waals surface area contributed by atoms with Gasteiger partial charge in [-0.25, -0.2) is 18.9 Å². The number of primary amides is 1. The summed E-state index contributed by atoms with van der Waals surface area (Å²) >= 11 is 7.06. The maximum atomic E-state index is 14.2. The largest absolute Gasteiger partial charge is 0.453 e. The van der Waals surface area contributed by atoms with Gasteiger partial charge >= 0.3 is 12.0 Å². The third kappa shape index (κ3) is 4.16. The summed E-state index contributed by atoms with van der Waals surface area (Å²) in [5.41, 5.74) is 5.34. The van der Waals surface area contributed by atoms with Crippen molar-refractivity contribution in [1.82, 2.24) is 0 Å². The zero-order chi connectivity index (χ0) is 22.0. The van der Waals surface area contributed by atoms with Crippen LogP contribution in [0.15, 0.2) is 29.6 Å². The molecule has 2 heterocycles. The van der Waals surface area contributed by atoms with Crippen LogP contribution < -0.4 is 10.6 Å². The molecule has 158 valence electrons. The molecule has 0 bridgehead atoms. The van der Waals surface area contributed by atoms with E-state index in [0.29, 0.717) is 9.78 Å². The summed E-state index contributed by atoms with van der Waals surface area (Å²) in [6.45, 7) is 1.15. The van der Waals surface area contributed by atoms with Crippen LogP contribution in [0.1, 0.15) is 17.4 Å². The minimum atomic E-state index is -1.12. The molecule has 3 amide bonds. The van der Waals surface area contributed by atoms with Crippen LogP contribution >= 0.6 is 22.9 Å². The molecule has 0 spiro atoms. The zero-order valence-electron chi connectivity index (χ0n) is 15.8. The number of ether oxygens (including phenoxy) is 3. The second kappa shape index (κ2) is 8.82. The molecule has 0 fully saturated rings. The lowest BCUT2D eigenvalue weighted by Crippen LogP contribution is -2.38. The molecule has 1 aromatic carbocycles. The van der Waals surface area contributed by atoms with E-state index in [0.717, 1.165) is 12.1 Å². The highest BCUT2D eigenvalue weighted by atomic mass is 35.5. The molecule has 1 aliphatic rings. The molecule has 30 heavy (non-hydrogen) atoms. The van der Waals surface area contributed by atoms with E-state index >= 15 is 0 Å². The van der Waals surface area contributed by atoms with Crippen LogP contribution in [0.25, 0.3) is 11.3 Å². The number of halogens is 2. The number of anilines is 1. The lowest BCUT2D eigenvalue weighted by atomic mass is 10.0. The highest BCUT2D eigenvalue weighted by Gasteiger charge is 2.40. The Labute approximate surface area is 179 Å². The predicted molar refractivity (Wildman–Crippen MR) is 108 cm³/mol. The first kappa shape index (κ1) is 21.8. The van der Waals surface area contributed by atoms with E-state index in [1.54, 1.807) is 17.5 Å². The molecule has 0 saturated heterocycles. The van der Waals surface area contributed by atoms with Crippen molar-refractivity contribution in [2.24, 2.45) is 5.73 Å². The molecule has 0 aliphatic carbocycles. The molecule has 1 atom stereocenters. The van der Waals surface area contributed by atoms with Crippen LogP contribution in [-0.4, -0.2) is 37.9 Å². The minimum absolute atomic E-state index is 0.000519. The fraction of sp³-hybridized carbons (Fsp3) is 0.211. The van der Waals surface area contributed by atoms with Gasteiger partial charge in [-0.2, -0.15) is 0 Å². The Bertz CT molecular complexity index is 1040. The molecule has 3 rings (SSSR count). The average molecular weight is 455 g/mol.